The Bertz CT molecular complexity index is 1690. The molecular formula is C36H43N9O3. The van der Waals surface area contributed by atoms with E-state index in [1.165, 1.54) is 0 Å². The van der Waals surface area contributed by atoms with Crippen LogP contribution < -0.4 is 21.7 Å². The van der Waals surface area contributed by atoms with Gasteiger partial charge in [0.15, 0.2) is 0 Å². The molecule has 2 heterocycles. The zero-order valence-corrected chi connectivity index (χ0v) is 27.2. The summed E-state index contributed by atoms with van der Waals surface area (Å²) in [6.45, 7) is 5.70. The van der Waals surface area contributed by atoms with E-state index in [9.17, 15) is 14.4 Å². The molecule has 4 aromatic rings. The van der Waals surface area contributed by atoms with E-state index < -0.39 is 6.04 Å². The zero-order chi connectivity index (χ0) is 33.5. The summed E-state index contributed by atoms with van der Waals surface area (Å²) < 4.78 is 0. The first kappa shape index (κ1) is 33.0. The summed E-state index contributed by atoms with van der Waals surface area (Å²) in [6, 6.07) is 20.3. The molecule has 1 aromatic heterocycles. The van der Waals surface area contributed by atoms with Crippen LogP contribution in [-0.4, -0.2) is 82.0 Å². The third-order valence-electron chi connectivity index (χ3n) is 9.52. The molecule has 1 atom stereocenters. The van der Waals surface area contributed by atoms with Crippen LogP contribution in [0.2, 0.25) is 0 Å². The molecular weight excluding hydrogens is 606 g/mol. The number of aromatic nitrogens is 4. The van der Waals surface area contributed by atoms with E-state index in [-0.39, 0.29) is 23.6 Å². The third kappa shape index (κ3) is 7.95. The number of aromatic amines is 1. The molecule has 1 aliphatic carbocycles. The van der Waals surface area contributed by atoms with E-state index >= 15 is 0 Å². The van der Waals surface area contributed by atoms with Gasteiger partial charge < -0.3 is 26.6 Å². The van der Waals surface area contributed by atoms with Gasteiger partial charge in [-0.15, -0.1) is 10.2 Å². The normalized spacial score (nSPS) is 18.6. The molecule has 0 radical (unpaired) electrons. The Balaban J connectivity index is 1.15. The van der Waals surface area contributed by atoms with Crippen molar-refractivity contribution >= 4 is 23.4 Å². The molecule has 3 aromatic carbocycles. The maximum absolute atomic E-state index is 13.7. The lowest BCUT2D eigenvalue weighted by atomic mass is 9.81. The summed E-state index contributed by atoms with van der Waals surface area (Å²) in [4.78, 5) is 42.0. The van der Waals surface area contributed by atoms with Gasteiger partial charge in [-0.2, -0.15) is 5.21 Å². The number of piperazine rings is 1. The van der Waals surface area contributed by atoms with Crippen molar-refractivity contribution < 1.29 is 14.4 Å². The van der Waals surface area contributed by atoms with E-state index in [2.05, 4.69) is 36.6 Å². The topological polar surface area (TPSA) is 171 Å². The molecule has 0 spiro atoms. The Labute approximate surface area is 280 Å². The van der Waals surface area contributed by atoms with E-state index in [1.807, 2.05) is 54.3 Å². The van der Waals surface area contributed by atoms with Gasteiger partial charge in [0.2, 0.25) is 17.6 Å². The maximum atomic E-state index is 13.7. The van der Waals surface area contributed by atoms with Gasteiger partial charge in [-0.25, -0.2) is 0 Å². The molecule has 2 aliphatic rings. The predicted octanol–water partition coefficient (Wildman–Crippen LogP) is 3.32. The number of nitrogens with one attached hydrogen (secondary N) is 4. The lowest BCUT2D eigenvalue weighted by Gasteiger charge is -2.28. The first-order valence-corrected chi connectivity index (χ1v) is 16.7. The van der Waals surface area contributed by atoms with Crippen molar-refractivity contribution in [3.05, 3.63) is 83.4 Å². The molecule has 1 saturated carbocycles. The fraction of sp³-hybridized carbons (Fsp3) is 0.389. The van der Waals surface area contributed by atoms with Crippen LogP contribution in [0.5, 0.6) is 0 Å². The van der Waals surface area contributed by atoms with Gasteiger partial charge >= 0.3 is 0 Å². The molecule has 250 valence electrons. The van der Waals surface area contributed by atoms with Gasteiger partial charge in [0.1, 0.15) is 6.04 Å². The number of nitrogens with two attached hydrogens (primary N) is 1. The molecule has 3 amide bonds. The van der Waals surface area contributed by atoms with Gasteiger partial charge in [0.05, 0.1) is 0 Å². The van der Waals surface area contributed by atoms with Gasteiger partial charge in [-0.1, -0.05) is 30.3 Å². The molecule has 1 aliphatic heterocycles. The molecule has 12 nitrogen and oxygen atoms in total. The Morgan fingerprint density at radius 3 is 2.29 bits per heavy atom. The van der Waals surface area contributed by atoms with Crippen molar-refractivity contribution in [1.82, 2.24) is 36.2 Å². The average molecular weight is 650 g/mol. The van der Waals surface area contributed by atoms with Crippen molar-refractivity contribution in [3.8, 4) is 22.5 Å². The quantitative estimate of drug-likeness (QED) is 0.174. The standard InChI is InChI=1S/C36H43N9O3/c1-23-20-29(36(48)45-18-16-38-17-19-45)12-15-31(23)26-6-2-24(3-7-26)21-32(40-34(46)28-8-4-25(22-37)5-9-28)35(47)39-30-13-10-27(11-14-30)33-41-43-44-42-33/h2-3,6-7,10-15,20,25,28,32,38H,4-5,8-9,16-19,21-22,37H2,1H3,(H,39,47)(H,40,46)(H,41,42,43,44). The van der Waals surface area contributed by atoms with E-state index in [0.717, 1.165) is 66.6 Å². The number of H-pyrrole nitrogens is 1. The summed E-state index contributed by atoms with van der Waals surface area (Å²) in [5.74, 6) is 0.444. The predicted molar refractivity (Wildman–Crippen MR) is 184 cm³/mol. The minimum atomic E-state index is -0.774. The number of carbonyl (C=O) groups is 3. The van der Waals surface area contributed by atoms with E-state index in [0.29, 0.717) is 49.0 Å². The Morgan fingerprint density at radius 1 is 0.938 bits per heavy atom. The second kappa shape index (κ2) is 15.3. The Morgan fingerprint density at radius 2 is 1.65 bits per heavy atom. The van der Waals surface area contributed by atoms with Gasteiger partial charge in [-0.3, -0.25) is 14.4 Å². The van der Waals surface area contributed by atoms with Crippen LogP contribution in [0.3, 0.4) is 0 Å². The lowest BCUT2D eigenvalue weighted by molar-refractivity contribution is -0.130. The number of tetrazole rings is 1. The summed E-state index contributed by atoms with van der Waals surface area (Å²) in [5.41, 5.74) is 11.9. The second-order valence-corrected chi connectivity index (χ2v) is 12.8. The third-order valence-corrected chi connectivity index (χ3v) is 9.52. The van der Waals surface area contributed by atoms with Gasteiger partial charge in [-0.05, 0) is 109 Å². The number of anilines is 1. The van der Waals surface area contributed by atoms with Crippen LogP contribution in [0.4, 0.5) is 5.69 Å². The first-order valence-electron chi connectivity index (χ1n) is 16.7. The fourth-order valence-electron chi connectivity index (χ4n) is 6.60. The van der Waals surface area contributed by atoms with Crippen LogP contribution >= 0.6 is 0 Å². The second-order valence-electron chi connectivity index (χ2n) is 12.8. The monoisotopic (exact) mass is 649 g/mol. The van der Waals surface area contributed by atoms with Crippen molar-refractivity contribution in [1.29, 1.82) is 0 Å². The van der Waals surface area contributed by atoms with Crippen LogP contribution in [0, 0.1) is 18.8 Å². The maximum Gasteiger partial charge on any atom is 0.253 e. The highest BCUT2D eigenvalue weighted by atomic mass is 16.2. The van der Waals surface area contributed by atoms with Crippen molar-refractivity contribution in [2.45, 2.75) is 45.1 Å². The van der Waals surface area contributed by atoms with E-state index in [4.69, 9.17) is 5.73 Å². The number of hydrogen-bond donors (Lipinski definition) is 5. The minimum Gasteiger partial charge on any atom is -0.344 e. The minimum absolute atomic E-state index is 0.0585. The highest BCUT2D eigenvalue weighted by molar-refractivity contribution is 5.98. The molecule has 1 saturated heterocycles. The number of aryl methyl sites for hydroxylation is 1. The Hall–Kier alpha value is -4.94. The molecule has 6 rings (SSSR count). The number of hydrogen-bond acceptors (Lipinski definition) is 8. The molecule has 2 fully saturated rings. The highest BCUT2D eigenvalue weighted by Crippen LogP contribution is 2.29. The van der Waals surface area contributed by atoms with Crippen molar-refractivity contribution in [2.75, 3.05) is 38.0 Å². The molecule has 1 unspecified atom stereocenters. The average Bonchev–Trinajstić information content (AvgIpc) is 3.67. The first-order chi connectivity index (χ1) is 23.4. The van der Waals surface area contributed by atoms with Crippen LogP contribution in [0.15, 0.2) is 66.7 Å². The summed E-state index contributed by atoms with van der Waals surface area (Å²) in [6.07, 6.45) is 3.71. The largest absolute Gasteiger partial charge is 0.344 e. The SMILES string of the molecule is Cc1cc(C(=O)N2CCNCC2)ccc1-c1ccc(CC(NC(=O)C2CCC(CN)CC2)C(=O)Nc2ccc(-c3nn[nH]n3)cc2)cc1. The summed E-state index contributed by atoms with van der Waals surface area (Å²) in [5, 5.41) is 23.3. The van der Waals surface area contributed by atoms with Gasteiger partial charge in [0, 0.05) is 55.3 Å². The molecule has 48 heavy (non-hydrogen) atoms. The van der Waals surface area contributed by atoms with Gasteiger partial charge in [0.25, 0.3) is 5.91 Å². The highest BCUT2D eigenvalue weighted by Gasteiger charge is 2.29. The molecule has 0 bridgehead atoms. The Kier molecular flexibility index (Phi) is 10.5. The number of rotatable bonds is 10. The number of benzene rings is 3. The fourth-order valence-corrected chi connectivity index (χ4v) is 6.60. The summed E-state index contributed by atoms with van der Waals surface area (Å²) >= 11 is 0. The van der Waals surface area contributed by atoms with Crippen LogP contribution in [0.1, 0.15) is 47.2 Å². The smallest absolute Gasteiger partial charge is 0.253 e. The lowest BCUT2D eigenvalue weighted by Crippen LogP contribution is -2.48. The van der Waals surface area contributed by atoms with E-state index in [1.54, 1.807) is 24.3 Å². The number of nitrogens with zero attached hydrogens (tertiary/aromatic N) is 4. The van der Waals surface area contributed by atoms with Crippen molar-refractivity contribution in [3.63, 3.8) is 0 Å². The van der Waals surface area contributed by atoms with Crippen molar-refractivity contribution in [2.24, 2.45) is 17.6 Å². The molecule has 12 heteroatoms. The number of carbonyl (C=O) groups excluding carboxylic acids is 3. The number of amides is 3. The van der Waals surface area contributed by atoms with Crippen LogP contribution in [-0.2, 0) is 16.0 Å². The summed E-state index contributed by atoms with van der Waals surface area (Å²) in [7, 11) is 0. The molecule has 6 N–H and O–H groups in total. The van der Waals surface area contributed by atoms with Crippen LogP contribution in [0.25, 0.3) is 22.5 Å². The zero-order valence-electron chi connectivity index (χ0n) is 27.2.